The molecule has 2 aromatic rings. The summed E-state index contributed by atoms with van der Waals surface area (Å²) in [6.45, 7) is 8.59. The van der Waals surface area contributed by atoms with Gasteiger partial charge in [-0.2, -0.15) is 0 Å². The zero-order valence-electron chi connectivity index (χ0n) is 17.3. The number of benzene rings is 2. The van der Waals surface area contributed by atoms with E-state index in [0.717, 1.165) is 16.7 Å². The van der Waals surface area contributed by atoms with Gasteiger partial charge in [-0.15, -0.1) is 0 Å². The van der Waals surface area contributed by atoms with Crippen molar-refractivity contribution in [1.29, 1.82) is 0 Å². The van der Waals surface area contributed by atoms with Crippen LogP contribution in [0.2, 0.25) is 10.0 Å². The van der Waals surface area contributed by atoms with Crippen LogP contribution in [0.3, 0.4) is 0 Å². The third-order valence-corrected chi connectivity index (χ3v) is 5.27. The molecular formula is C23H28Cl2N2O2. The molecule has 6 heteroatoms. The van der Waals surface area contributed by atoms with Crippen LogP contribution < -0.4 is 5.32 Å². The number of nitrogens with zero attached hydrogens (tertiary/aromatic N) is 1. The van der Waals surface area contributed by atoms with E-state index in [4.69, 9.17) is 23.2 Å². The van der Waals surface area contributed by atoms with E-state index in [1.165, 1.54) is 0 Å². The molecule has 0 aliphatic rings. The van der Waals surface area contributed by atoms with Crippen LogP contribution in [0.4, 0.5) is 0 Å². The summed E-state index contributed by atoms with van der Waals surface area (Å²) in [5, 5.41) is 3.91. The van der Waals surface area contributed by atoms with Crippen LogP contribution in [0.1, 0.15) is 37.5 Å². The lowest BCUT2D eigenvalue weighted by molar-refractivity contribution is -0.140. The molecular weight excluding hydrogens is 407 g/mol. The van der Waals surface area contributed by atoms with Crippen molar-refractivity contribution in [1.82, 2.24) is 10.2 Å². The highest BCUT2D eigenvalue weighted by Crippen LogP contribution is 2.23. The highest BCUT2D eigenvalue weighted by Gasteiger charge is 2.26. The SMILES string of the molecule is Cc1ccc(CC(=O)N(Cc2ccc(Cl)cc2Cl)[C@@H](C)C(=O)NCC(C)C)cc1. The van der Waals surface area contributed by atoms with Crippen molar-refractivity contribution in [3.63, 3.8) is 0 Å². The number of hydrogen-bond donors (Lipinski definition) is 1. The molecule has 0 aromatic heterocycles. The molecule has 0 radical (unpaired) electrons. The van der Waals surface area contributed by atoms with Crippen molar-refractivity contribution in [2.45, 2.75) is 46.7 Å². The van der Waals surface area contributed by atoms with E-state index >= 15 is 0 Å². The smallest absolute Gasteiger partial charge is 0.242 e. The van der Waals surface area contributed by atoms with Crippen LogP contribution in [-0.4, -0.2) is 29.3 Å². The monoisotopic (exact) mass is 434 g/mol. The van der Waals surface area contributed by atoms with Gasteiger partial charge in [0.2, 0.25) is 11.8 Å². The van der Waals surface area contributed by atoms with E-state index < -0.39 is 6.04 Å². The number of halogens is 2. The average molecular weight is 435 g/mol. The molecule has 2 aromatic carbocycles. The topological polar surface area (TPSA) is 49.4 Å². The first-order valence-electron chi connectivity index (χ1n) is 9.74. The van der Waals surface area contributed by atoms with Gasteiger partial charge < -0.3 is 10.2 Å². The van der Waals surface area contributed by atoms with Gasteiger partial charge in [0.25, 0.3) is 0 Å². The predicted octanol–water partition coefficient (Wildman–Crippen LogP) is 5.03. The van der Waals surface area contributed by atoms with Crippen molar-refractivity contribution < 1.29 is 9.59 Å². The number of hydrogen-bond acceptors (Lipinski definition) is 2. The van der Waals surface area contributed by atoms with Crippen molar-refractivity contribution in [2.24, 2.45) is 5.92 Å². The summed E-state index contributed by atoms with van der Waals surface area (Å²) in [7, 11) is 0. The third-order valence-electron chi connectivity index (χ3n) is 4.68. The zero-order valence-corrected chi connectivity index (χ0v) is 18.8. The highest BCUT2D eigenvalue weighted by atomic mass is 35.5. The van der Waals surface area contributed by atoms with E-state index in [1.54, 1.807) is 30.0 Å². The number of carbonyl (C=O) groups is 2. The number of aryl methyl sites for hydroxylation is 1. The maximum atomic E-state index is 13.1. The first-order chi connectivity index (χ1) is 13.7. The quantitative estimate of drug-likeness (QED) is 0.632. The molecule has 1 N–H and O–H groups in total. The molecule has 29 heavy (non-hydrogen) atoms. The number of amides is 2. The Balaban J connectivity index is 2.24. The lowest BCUT2D eigenvalue weighted by Crippen LogP contribution is -2.48. The van der Waals surface area contributed by atoms with Gasteiger partial charge in [-0.1, -0.05) is 72.9 Å². The second-order valence-corrected chi connectivity index (χ2v) is 8.58. The number of nitrogens with one attached hydrogen (secondary N) is 1. The Morgan fingerprint density at radius 3 is 2.28 bits per heavy atom. The molecule has 4 nitrogen and oxygen atoms in total. The van der Waals surface area contributed by atoms with E-state index in [2.05, 4.69) is 5.32 Å². The van der Waals surface area contributed by atoms with Gasteiger partial charge in [0.05, 0.1) is 6.42 Å². The van der Waals surface area contributed by atoms with E-state index in [1.807, 2.05) is 45.0 Å². The minimum absolute atomic E-state index is 0.132. The van der Waals surface area contributed by atoms with Crippen LogP contribution in [0.15, 0.2) is 42.5 Å². The summed E-state index contributed by atoms with van der Waals surface area (Å²) in [4.78, 5) is 27.4. The zero-order chi connectivity index (χ0) is 21.6. The minimum Gasteiger partial charge on any atom is -0.354 e. The molecule has 0 saturated carbocycles. The van der Waals surface area contributed by atoms with Crippen LogP contribution in [-0.2, 0) is 22.6 Å². The van der Waals surface area contributed by atoms with Gasteiger partial charge in [-0.05, 0) is 43.0 Å². The van der Waals surface area contributed by atoms with E-state index in [0.29, 0.717) is 22.5 Å². The first kappa shape index (κ1) is 23.2. The third kappa shape index (κ3) is 7.06. The standard InChI is InChI=1S/C23H28Cl2N2O2/c1-15(2)13-26-23(29)17(4)27(14-19-9-10-20(24)12-21(19)25)22(28)11-18-7-5-16(3)6-8-18/h5-10,12,15,17H,11,13-14H2,1-4H3,(H,26,29)/t17-/m0/s1. The Bertz CT molecular complexity index is 850. The van der Waals surface area contributed by atoms with Crippen LogP contribution in [0.5, 0.6) is 0 Å². The maximum Gasteiger partial charge on any atom is 0.242 e. The molecule has 0 spiro atoms. The summed E-state index contributed by atoms with van der Waals surface area (Å²) in [6, 6.07) is 12.4. The van der Waals surface area contributed by atoms with Gasteiger partial charge in [0.15, 0.2) is 0 Å². The molecule has 2 amide bonds. The summed E-state index contributed by atoms with van der Waals surface area (Å²) >= 11 is 12.3. The predicted molar refractivity (Wildman–Crippen MR) is 119 cm³/mol. The molecule has 0 heterocycles. The van der Waals surface area contributed by atoms with Crippen molar-refractivity contribution in [3.05, 3.63) is 69.2 Å². The summed E-state index contributed by atoms with van der Waals surface area (Å²) in [5.41, 5.74) is 2.78. The molecule has 0 fully saturated rings. The van der Waals surface area contributed by atoms with E-state index in [-0.39, 0.29) is 24.8 Å². The number of carbonyl (C=O) groups excluding carboxylic acids is 2. The molecule has 0 bridgehead atoms. The average Bonchev–Trinajstić information content (AvgIpc) is 2.66. The Morgan fingerprint density at radius 2 is 1.69 bits per heavy atom. The molecule has 0 aliphatic heterocycles. The lowest BCUT2D eigenvalue weighted by atomic mass is 10.1. The van der Waals surface area contributed by atoms with Gasteiger partial charge in [0, 0.05) is 23.1 Å². The summed E-state index contributed by atoms with van der Waals surface area (Å²) < 4.78 is 0. The molecule has 2 rings (SSSR count). The number of rotatable bonds is 8. The summed E-state index contributed by atoms with van der Waals surface area (Å²) in [5.74, 6) is 0.0154. The largest absolute Gasteiger partial charge is 0.354 e. The molecule has 0 saturated heterocycles. The van der Waals surface area contributed by atoms with Crippen molar-refractivity contribution in [3.8, 4) is 0 Å². The molecule has 0 unspecified atom stereocenters. The van der Waals surface area contributed by atoms with Gasteiger partial charge in [-0.3, -0.25) is 9.59 Å². The fourth-order valence-electron chi connectivity index (χ4n) is 2.85. The lowest BCUT2D eigenvalue weighted by Gasteiger charge is -2.29. The van der Waals surface area contributed by atoms with Crippen LogP contribution in [0, 0.1) is 12.8 Å². The second kappa shape index (κ2) is 10.7. The molecule has 1 atom stereocenters. The minimum atomic E-state index is -0.626. The Hall–Kier alpha value is -2.04. The van der Waals surface area contributed by atoms with Gasteiger partial charge >= 0.3 is 0 Å². The normalized spacial score (nSPS) is 12.0. The fourth-order valence-corrected chi connectivity index (χ4v) is 3.32. The fraction of sp³-hybridized carbons (Fsp3) is 0.391. The van der Waals surface area contributed by atoms with E-state index in [9.17, 15) is 9.59 Å². The van der Waals surface area contributed by atoms with Gasteiger partial charge in [0.1, 0.15) is 6.04 Å². The Labute approximate surface area is 183 Å². The summed E-state index contributed by atoms with van der Waals surface area (Å²) in [6.07, 6.45) is 0.216. The Morgan fingerprint density at radius 1 is 1.03 bits per heavy atom. The van der Waals surface area contributed by atoms with Gasteiger partial charge in [-0.25, -0.2) is 0 Å². The highest BCUT2D eigenvalue weighted by molar-refractivity contribution is 6.35. The molecule has 156 valence electrons. The first-order valence-corrected chi connectivity index (χ1v) is 10.5. The Kier molecular flexibility index (Phi) is 8.54. The maximum absolute atomic E-state index is 13.1. The van der Waals surface area contributed by atoms with Crippen molar-refractivity contribution >= 4 is 35.0 Å². The second-order valence-electron chi connectivity index (χ2n) is 7.73. The van der Waals surface area contributed by atoms with Crippen LogP contribution >= 0.6 is 23.2 Å². The van der Waals surface area contributed by atoms with Crippen molar-refractivity contribution in [2.75, 3.05) is 6.54 Å². The van der Waals surface area contributed by atoms with Crippen LogP contribution in [0.25, 0.3) is 0 Å². The molecule has 0 aliphatic carbocycles.